The zero-order valence-corrected chi connectivity index (χ0v) is 19.4. The molecular formula is C22H27ClN2O5S. The first-order valence-corrected chi connectivity index (χ1v) is 12.1. The van der Waals surface area contributed by atoms with Gasteiger partial charge in [0.25, 0.3) is 0 Å². The topological polar surface area (TPSA) is 84.9 Å². The highest BCUT2D eigenvalue weighted by molar-refractivity contribution is 7.89. The normalized spacial score (nSPS) is 15.8. The van der Waals surface area contributed by atoms with Gasteiger partial charge in [0.1, 0.15) is 18.1 Å². The second-order valence-electron chi connectivity index (χ2n) is 7.13. The van der Waals surface area contributed by atoms with Crippen LogP contribution >= 0.6 is 11.6 Å². The molecule has 3 rings (SSSR count). The summed E-state index contributed by atoms with van der Waals surface area (Å²) in [6.07, 6.45) is 0.475. The van der Waals surface area contributed by atoms with Crippen molar-refractivity contribution in [3.05, 3.63) is 47.0 Å². The minimum atomic E-state index is -3.67. The second-order valence-corrected chi connectivity index (χ2v) is 9.51. The average Bonchev–Trinajstić information content (AvgIpc) is 2.75. The first-order valence-electron chi connectivity index (χ1n) is 10.3. The van der Waals surface area contributed by atoms with Gasteiger partial charge in [0.2, 0.25) is 15.9 Å². The highest BCUT2D eigenvalue weighted by Crippen LogP contribution is 2.33. The summed E-state index contributed by atoms with van der Waals surface area (Å²) in [5, 5.41) is 3.42. The number of anilines is 1. The lowest BCUT2D eigenvalue weighted by Gasteiger charge is -2.25. The number of hydrogen-bond donors (Lipinski definition) is 1. The molecule has 7 nitrogen and oxygen atoms in total. The molecule has 9 heteroatoms. The van der Waals surface area contributed by atoms with Crippen LogP contribution < -0.4 is 14.8 Å². The number of carbonyl (C=O) groups is 1. The molecule has 0 bridgehead atoms. The van der Waals surface area contributed by atoms with E-state index >= 15 is 0 Å². The maximum atomic E-state index is 13.0. The van der Waals surface area contributed by atoms with Crippen LogP contribution in [-0.2, 0) is 21.2 Å². The number of nitrogens with one attached hydrogen (secondary N) is 1. The number of hydrogen-bond acceptors (Lipinski definition) is 5. The summed E-state index contributed by atoms with van der Waals surface area (Å²) in [5.41, 5.74) is 1.18. The third-order valence-corrected chi connectivity index (χ3v) is 7.43. The SMILES string of the molecule is CCOc1ccc(S(=O)(=O)N(CC)CC)cc1NC(=O)C1COc2ccc(Cl)cc2C1. The van der Waals surface area contributed by atoms with Gasteiger partial charge >= 0.3 is 0 Å². The van der Waals surface area contributed by atoms with Crippen LogP contribution in [-0.4, -0.2) is 44.9 Å². The fourth-order valence-corrected chi connectivity index (χ4v) is 5.21. The van der Waals surface area contributed by atoms with E-state index in [0.717, 1.165) is 11.3 Å². The molecule has 0 aromatic heterocycles. The molecule has 0 saturated heterocycles. The average molecular weight is 467 g/mol. The number of sulfonamides is 1. The van der Waals surface area contributed by atoms with Gasteiger partial charge in [-0.05, 0) is 55.3 Å². The Labute approximate surface area is 188 Å². The van der Waals surface area contributed by atoms with Crippen LogP contribution in [0.4, 0.5) is 5.69 Å². The number of ether oxygens (including phenoxy) is 2. The molecule has 2 aromatic rings. The molecule has 1 N–H and O–H groups in total. The van der Waals surface area contributed by atoms with Crippen molar-refractivity contribution in [2.24, 2.45) is 5.92 Å². The summed E-state index contributed by atoms with van der Waals surface area (Å²) >= 11 is 6.07. The molecule has 0 spiro atoms. The van der Waals surface area contributed by atoms with E-state index in [0.29, 0.717) is 42.6 Å². The molecule has 1 aliphatic rings. The molecule has 1 heterocycles. The number of nitrogens with zero attached hydrogens (tertiary/aromatic N) is 1. The Kier molecular flexibility index (Phi) is 7.46. The monoisotopic (exact) mass is 466 g/mol. The molecule has 0 fully saturated rings. The van der Waals surface area contributed by atoms with Crippen LogP contribution in [0.15, 0.2) is 41.3 Å². The Morgan fingerprint density at radius 1 is 1.19 bits per heavy atom. The number of benzene rings is 2. The molecule has 1 aliphatic heterocycles. The summed E-state index contributed by atoms with van der Waals surface area (Å²) in [7, 11) is -3.67. The van der Waals surface area contributed by atoms with Crippen LogP contribution in [0.2, 0.25) is 5.02 Å². The summed E-state index contributed by atoms with van der Waals surface area (Å²) in [4.78, 5) is 13.1. The standard InChI is InChI=1S/C22H27ClN2O5S/c1-4-25(5-2)31(27,28)18-8-10-21(29-6-3)19(13-18)24-22(26)16-11-15-12-17(23)7-9-20(15)30-14-16/h7-10,12-13,16H,4-6,11,14H2,1-3H3,(H,24,26). The van der Waals surface area contributed by atoms with Crippen molar-refractivity contribution in [1.29, 1.82) is 0 Å². The van der Waals surface area contributed by atoms with E-state index in [1.54, 1.807) is 38.1 Å². The van der Waals surface area contributed by atoms with Crippen molar-refractivity contribution in [2.45, 2.75) is 32.1 Å². The van der Waals surface area contributed by atoms with Gasteiger partial charge in [-0.2, -0.15) is 4.31 Å². The van der Waals surface area contributed by atoms with Crippen LogP contribution in [0.1, 0.15) is 26.3 Å². The highest BCUT2D eigenvalue weighted by Gasteiger charge is 2.28. The van der Waals surface area contributed by atoms with E-state index in [1.807, 2.05) is 6.92 Å². The van der Waals surface area contributed by atoms with Gasteiger partial charge in [-0.1, -0.05) is 25.4 Å². The maximum Gasteiger partial charge on any atom is 0.243 e. The molecule has 0 radical (unpaired) electrons. The van der Waals surface area contributed by atoms with E-state index in [1.165, 1.54) is 16.4 Å². The molecule has 31 heavy (non-hydrogen) atoms. The summed E-state index contributed by atoms with van der Waals surface area (Å²) in [5.74, 6) is 0.415. The molecule has 1 amide bonds. The summed E-state index contributed by atoms with van der Waals surface area (Å²) < 4.78 is 38.5. The van der Waals surface area contributed by atoms with Gasteiger partial charge < -0.3 is 14.8 Å². The Hall–Kier alpha value is -2.29. The zero-order valence-electron chi connectivity index (χ0n) is 17.9. The first-order chi connectivity index (χ1) is 14.8. The van der Waals surface area contributed by atoms with E-state index < -0.39 is 15.9 Å². The first kappa shape index (κ1) is 23.4. The predicted molar refractivity (Wildman–Crippen MR) is 120 cm³/mol. The predicted octanol–water partition coefficient (Wildman–Crippen LogP) is 3.96. The Bertz CT molecular complexity index is 1050. The molecular weight excluding hydrogens is 440 g/mol. The minimum Gasteiger partial charge on any atom is -0.492 e. The number of carbonyl (C=O) groups excluding carboxylic acids is 1. The summed E-state index contributed by atoms with van der Waals surface area (Å²) in [6.45, 7) is 6.70. The Morgan fingerprint density at radius 3 is 2.61 bits per heavy atom. The van der Waals surface area contributed by atoms with E-state index in [-0.39, 0.29) is 17.4 Å². The number of halogens is 1. The number of fused-ring (bicyclic) bond motifs is 1. The summed E-state index contributed by atoms with van der Waals surface area (Å²) in [6, 6.07) is 9.85. The van der Waals surface area contributed by atoms with Crippen molar-refractivity contribution in [2.75, 3.05) is 31.6 Å². The van der Waals surface area contributed by atoms with Gasteiger partial charge in [0, 0.05) is 18.1 Å². The van der Waals surface area contributed by atoms with Crippen LogP contribution in [0.5, 0.6) is 11.5 Å². The fourth-order valence-electron chi connectivity index (χ4n) is 3.53. The highest BCUT2D eigenvalue weighted by atomic mass is 35.5. The number of amides is 1. The quantitative estimate of drug-likeness (QED) is 0.636. The Balaban J connectivity index is 1.86. The van der Waals surface area contributed by atoms with Gasteiger partial charge in [0.15, 0.2) is 0 Å². The van der Waals surface area contributed by atoms with Crippen LogP contribution in [0.25, 0.3) is 0 Å². The smallest absolute Gasteiger partial charge is 0.243 e. The third-order valence-electron chi connectivity index (χ3n) is 5.15. The van der Waals surface area contributed by atoms with Gasteiger partial charge in [0.05, 0.1) is 23.1 Å². The molecule has 168 valence electrons. The zero-order chi connectivity index (χ0) is 22.6. The lowest BCUT2D eigenvalue weighted by molar-refractivity contribution is -0.121. The molecule has 0 saturated carbocycles. The van der Waals surface area contributed by atoms with E-state index in [4.69, 9.17) is 21.1 Å². The van der Waals surface area contributed by atoms with Crippen LogP contribution in [0, 0.1) is 5.92 Å². The lowest BCUT2D eigenvalue weighted by Crippen LogP contribution is -2.33. The third kappa shape index (κ3) is 5.14. The molecule has 1 atom stereocenters. The van der Waals surface area contributed by atoms with Crippen molar-refractivity contribution < 1.29 is 22.7 Å². The van der Waals surface area contributed by atoms with Gasteiger partial charge in [-0.25, -0.2) is 8.42 Å². The lowest BCUT2D eigenvalue weighted by atomic mass is 9.96. The maximum absolute atomic E-state index is 13.0. The molecule has 0 aliphatic carbocycles. The minimum absolute atomic E-state index is 0.104. The fraction of sp³-hybridized carbons (Fsp3) is 0.409. The second kappa shape index (κ2) is 9.89. The van der Waals surface area contributed by atoms with Gasteiger partial charge in [-0.15, -0.1) is 0 Å². The van der Waals surface area contributed by atoms with Crippen molar-refractivity contribution >= 4 is 33.2 Å². The largest absolute Gasteiger partial charge is 0.492 e. The van der Waals surface area contributed by atoms with Crippen molar-refractivity contribution in [3.8, 4) is 11.5 Å². The molecule has 2 aromatic carbocycles. The van der Waals surface area contributed by atoms with Crippen molar-refractivity contribution in [1.82, 2.24) is 4.31 Å². The van der Waals surface area contributed by atoms with E-state index in [2.05, 4.69) is 5.32 Å². The van der Waals surface area contributed by atoms with Crippen molar-refractivity contribution in [3.63, 3.8) is 0 Å². The van der Waals surface area contributed by atoms with Gasteiger partial charge in [-0.3, -0.25) is 4.79 Å². The van der Waals surface area contributed by atoms with E-state index in [9.17, 15) is 13.2 Å². The number of rotatable bonds is 8. The van der Waals surface area contributed by atoms with Crippen LogP contribution in [0.3, 0.4) is 0 Å². The molecule has 1 unspecified atom stereocenters. The Morgan fingerprint density at radius 2 is 1.94 bits per heavy atom.